The number of aromatic nitrogens is 1. The number of furan rings is 1. The van der Waals surface area contributed by atoms with Crippen LogP contribution in [0.2, 0.25) is 0 Å². The van der Waals surface area contributed by atoms with Crippen molar-refractivity contribution in [3.8, 4) is 0 Å². The summed E-state index contributed by atoms with van der Waals surface area (Å²) < 4.78 is 7.31. The topological polar surface area (TPSA) is 79.5 Å². The largest absolute Gasteiger partial charge is 0.472 e. The van der Waals surface area contributed by atoms with Gasteiger partial charge in [-0.1, -0.05) is 18.2 Å². The molecule has 0 radical (unpaired) electrons. The average molecular weight is 394 g/mol. The number of fused-ring (bicyclic) bond motifs is 1. The van der Waals surface area contributed by atoms with Gasteiger partial charge in [-0.25, -0.2) is 0 Å². The molecule has 2 amide bonds. The Labute approximate surface area is 169 Å². The van der Waals surface area contributed by atoms with E-state index in [1.54, 1.807) is 12.5 Å². The molecule has 7 heteroatoms. The van der Waals surface area contributed by atoms with E-state index in [4.69, 9.17) is 4.42 Å². The van der Waals surface area contributed by atoms with Gasteiger partial charge in [-0.15, -0.1) is 0 Å². The molecule has 1 unspecified atom stereocenters. The third kappa shape index (κ3) is 4.68. The summed E-state index contributed by atoms with van der Waals surface area (Å²) in [5, 5.41) is 7.05. The zero-order chi connectivity index (χ0) is 20.1. The van der Waals surface area contributed by atoms with Crippen LogP contribution in [-0.2, 0) is 22.7 Å². The molecule has 7 nitrogen and oxygen atoms in total. The van der Waals surface area contributed by atoms with Crippen LogP contribution in [0.25, 0.3) is 10.9 Å². The maximum absolute atomic E-state index is 12.4. The van der Waals surface area contributed by atoms with Gasteiger partial charge in [0.25, 0.3) is 0 Å². The molecule has 1 saturated heterocycles. The number of para-hydroxylation sites is 1. The molecule has 3 heterocycles. The van der Waals surface area contributed by atoms with E-state index in [0.717, 1.165) is 25.1 Å². The van der Waals surface area contributed by atoms with E-state index in [1.165, 1.54) is 10.9 Å². The summed E-state index contributed by atoms with van der Waals surface area (Å²) >= 11 is 0. The lowest BCUT2D eigenvalue weighted by molar-refractivity contribution is -0.134. The molecule has 1 aliphatic heterocycles. The highest BCUT2D eigenvalue weighted by atomic mass is 16.3. The van der Waals surface area contributed by atoms with Crippen molar-refractivity contribution in [3.05, 3.63) is 60.7 Å². The van der Waals surface area contributed by atoms with Crippen LogP contribution in [-0.4, -0.2) is 47.0 Å². The Morgan fingerprint density at radius 2 is 2.14 bits per heavy atom. The zero-order valence-corrected chi connectivity index (χ0v) is 16.3. The molecule has 1 aliphatic rings. The summed E-state index contributed by atoms with van der Waals surface area (Å²) in [5.74, 6) is -0.185. The van der Waals surface area contributed by atoms with Gasteiger partial charge < -0.3 is 19.6 Å². The average Bonchev–Trinajstić information content (AvgIpc) is 3.38. The van der Waals surface area contributed by atoms with Crippen LogP contribution >= 0.6 is 0 Å². The first-order valence-corrected chi connectivity index (χ1v) is 10.0. The second-order valence-electron chi connectivity index (χ2n) is 7.38. The van der Waals surface area contributed by atoms with Crippen molar-refractivity contribution < 1.29 is 14.0 Å². The first-order valence-electron chi connectivity index (χ1n) is 10.0. The molecule has 1 atom stereocenters. The van der Waals surface area contributed by atoms with Crippen LogP contribution in [0.15, 0.2) is 59.5 Å². The summed E-state index contributed by atoms with van der Waals surface area (Å²) in [7, 11) is 0. The summed E-state index contributed by atoms with van der Waals surface area (Å²) in [6, 6.07) is 11.8. The zero-order valence-electron chi connectivity index (χ0n) is 16.3. The number of hydrogen-bond donors (Lipinski definition) is 2. The molecule has 2 N–H and O–H groups in total. The number of aryl methyl sites for hydroxylation is 1. The molecule has 152 valence electrons. The Hall–Kier alpha value is -3.06. The highest BCUT2D eigenvalue weighted by molar-refractivity contribution is 5.88. The van der Waals surface area contributed by atoms with Crippen LogP contribution in [0.5, 0.6) is 0 Å². The van der Waals surface area contributed by atoms with Gasteiger partial charge in [0, 0.05) is 50.0 Å². The minimum absolute atomic E-state index is 0.0892. The molecule has 2 aromatic heterocycles. The highest BCUT2D eigenvalue weighted by Gasteiger charge is 2.31. The minimum atomic E-state index is -0.452. The van der Waals surface area contributed by atoms with Crippen molar-refractivity contribution in [1.82, 2.24) is 20.1 Å². The van der Waals surface area contributed by atoms with Gasteiger partial charge in [0.15, 0.2) is 0 Å². The molecule has 3 aromatic rings. The predicted molar refractivity (Wildman–Crippen MR) is 110 cm³/mol. The number of benzene rings is 1. The molecule has 0 aliphatic carbocycles. The Morgan fingerprint density at radius 3 is 3.00 bits per heavy atom. The van der Waals surface area contributed by atoms with Crippen molar-refractivity contribution in [2.75, 3.05) is 19.6 Å². The first-order chi connectivity index (χ1) is 14.2. The molecule has 1 fully saturated rings. The maximum Gasteiger partial charge on any atom is 0.237 e. The third-order valence-corrected chi connectivity index (χ3v) is 5.36. The van der Waals surface area contributed by atoms with Crippen LogP contribution in [0.4, 0.5) is 0 Å². The second-order valence-corrected chi connectivity index (χ2v) is 7.38. The number of nitrogens with one attached hydrogen (secondary N) is 2. The van der Waals surface area contributed by atoms with Gasteiger partial charge in [0.2, 0.25) is 11.8 Å². The second kappa shape index (κ2) is 8.96. The molecule has 0 saturated carbocycles. The van der Waals surface area contributed by atoms with Crippen molar-refractivity contribution in [3.63, 3.8) is 0 Å². The standard InChI is InChI=1S/C22H26N4O3/c27-21(23-8-3-10-25-11-6-18-4-1-2-5-19(18)25)14-20-22(28)24-9-12-26(20)15-17-7-13-29-16-17/h1-2,4-7,11,13,16,20H,3,8-10,12,14-15H2,(H,23,27)(H,24,28). The fourth-order valence-corrected chi connectivity index (χ4v) is 3.85. The van der Waals surface area contributed by atoms with E-state index in [1.807, 2.05) is 23.1 Å². The summed E-state index contributed by atoms with van der Waals surface area (Å²) in [6.07, 6.45) is 6.37. The molecular weight excluding hydrogens is 368 g/mol. The molecule has 0 spiro atoms. The van der Waals surface area contributed by atoms with Crippen LogP contribution in [0, 0.1) is 0 Å². The lowest BCUT2D eigenvalue weighted by Crippen LogP contribution is -2.56. The van der Waals surface area contributed by atoms with Crippen LogP contribution in [0.3, 0.4) is 0 Å². The molecular formula is C22H26N4O3. The summed E-state index contributed by atoms with van der Waals surface area (Å²) in [5.41, 5.74) is 2.21. The third-order valence-electron chi connectivity index (χ3n) is 5.36. The predicted octanol–water partition coefficient (Wildman–Crippen LogP) is 2.13. The lowest BCUT2D eigenvalue weighted by atomic mass is 10.1. The van der Waals surface area contributed by atoms with Crippen molar-refractivity contribution in [1.29, 1.82) is 0 Å². The van der Waals surface area contributed by atoms with Crippen molar-refractivity contribution in [2.45, 2.75) is 32.0 Å². The van der Waals surface area contributed by atoms with E-state index in [2.05, 4.69) is 39.6 Å². The summed E-state index contributed by atoms with van der Waals surface area (Å²) in [4.78, 5) is 26.8. The Morgan fingerprint density at radius 1 is 1.24 bits per heavy atom. The maximum atomic E-state index is 12.4. The number of hydrogen-bond acceptors (Lipinski definition) is 4. The smallest absolute Gasteiger partial charge is 0.237 e. The fraction of sp³-hybridized carbons (Fsp3) is 0.364. The fourth-order valence-electron chi connectivity index (χ4n) is 3.85. The van der Waals surface area contributed by atoms with Gasteiger partial charge in [0.1, 0.15) is 0 Å². The Kier molecular flexibility index (Phi) is 5.95. The highest BCUT2D eigenvalue weighted by Crippen LogP contribution is 2.16. The van der Waals surface area contributed by atoms with E-state index in [-0.39, 0.29) is 18.2 Å². The van der Waals surface area contributed by atoms with E-state index < -0.39 is 6.04 Å². The monoisotopic (exact) mass is 394 g/mol. The molecule has 29 heavy (non-hydrogen) atoms. The van der Waals surface area contributed by atoms with Gasteiger partial charge in [-0.05, 0) is 30.0 Å². The number of rotatable bonds is 8. The molecule has 1 aromatic carbocycles. The Balaban J connectivity index is 1.26. The number of piperazine rings is 1. The normalized spacial score (nSPS) is 17.4. The molecule has 4 rings (SSSR count). The number of nitrogens with zero attached hydrogens (tertiary/aromatic N) is 2. The lowest BCUT2D eigenvalue weighted by Gasteiger charge is -2.34. The number of carbonyl (C=O) groups excluding carboxylic acids is 2. The van der Waals surface area contributed by atoms with E-state index in [9.17, 15) is 9.59 Å². The van der Waals surface area contributed by atoms with Crippen LogP contribution in [0.1, 0.15) is 18.4 Å². The summed E-state index contributed by atoms with van der Waals surface area (Å²) in [6.45, 7) is 3.34. The minimum Gasteiger partial charge on any atom is -0.472 e. The van der Waals surface area contributed by atoms with E-state index in [0.29, 0.717) is 19.6 Å². The van der Waals surface area contributed by atoms with Gasteiger partial charge in [-0.2, -0.15) is 0 Å². The van der Waals surface area contributed by atoms with Gasteiger partial charge in [0.05, 0.1) is 25.0 Å². The van der Waals surface area contributed by atoms with Crippen molar-refractivity contribution in [2.24, 2.45) is 0 Å². The SMILES string of the molecule is O=C(CC1C(=O)NCCN1Cc1ccoc1)NCCCn1ccc2ccccc21. The first kappa shape index (κ1) is 19.3. The van der Waals surface area contributed by atoms with Crippen molar-refractivity contribution >= 4 is 22.7 Å². The van der Waals surface area contributed by atoms with Gasteiger partial charge in [-0.3, -0.25) is 14.5 Å². The van der Waals surface area contributed by atoms with E-state index >= 15 is 0 Å². The van der Waals surface area contributed by atoms with Gasteiger partial charge >= 0.3 is 0 Å². The van der Waals surface area contributed by atoms with Crippen LogP contribution < -0.4 is 10.6 Å². The Bertz CT molecular complexity index is 964. The number of carbonyl (C=O) groups is 2. The molecule has 0 bridgehead atoms. The quantitative estimate of drug-likeness (QED) is 0.574. The number of amides is 2.